The lowest BCUT2D eigenvalue weighted by Crippen LogP contribution is -2.07. The summed E-state index contributed by atoms with van der Waals surface area (Å²) in [5.74, 6) is 0.760. The molecule has 0 radical (unpaired) electrons. The third kappa shape index (κ3) is 2.75. The van der Waals surface area contributed by atoms with Gasteiger partial charge in [-0.3, -0.25) is 4.79 Å². The second kappa shape index (κ2) is 5.39. The fourth-order valence-electron chi connectivity index (χ4n) is 2.78. The van der Waals surface area contributed by atoms with Gasteiger partial charge in [0.1, 0.15) is 5.69 Å². The van der Waals surface area contributed by atoms with E-state index in [2.05, 4.69) is 5.10 Å². The zero-order valence-electron chi connectivity index (χ0n) is 11.0. The predicted octanol–water partition coefficient (Wildman–Crippen LogP) is 3.64. The summed E-state index contributed by atoms with van der Waals surface area (Å²) >= 11 is 0. The lowest BCUT2D eigenvalue weighted by molar-refractivity contribution is 0.0957. The molecule has 0 saturated heterocycles. The minimum atomic E-state index is 0.182. The van der Waals surface area contributed by atoms with Crippen LogP contribution >= 0.6 is 0 Å². The Morgan fingerprint density at radius 3 is 2.63 bits per heavy atom. The van der Waals surface area contributed by atoms with Gasteiger partial charge < -0.3 is 0 Å². The second-order valence-corrected chi connectivity index (χ2v) is 5.26. The van der Waals surface area contributed by atoms with Gasteiger partial charge >= 0.3 is 0 Å². The molecule has 0 atom stereocenters. The Labute approximate surface area is 113 Å². The number of benzene rings is 1. The van der Waals surface area contributed by atoms with E-state index >= 15 is 0 Å². The van der Waals surface area contributed by atoms with E-state index < -0.39 is 0 Å². The van der Waals surface area contributed by atoms with E-state index in [1.165, 1.54) is 25.7 Å². The Hall–Kier alpha value is -1.90. The van der Waals surface area contributed by atoms with Crippen LogP contribution in [0, 0.1) is 5.92 Å². The number of ketones is 1. The first-order valence-corrected chi connectivity index (χ1v) is 6.97. The van der Waals surface area contributed by atoms with Gasteiger partial charge in [-0.2, -0.15) is 5.10 Å². The molecule has 3 rings (SSSR count). The number of Topliss-reactive ketones (excluding diaryl/α,β-unsaturated/α-hetero) is 1. The zero-order valence-corrected chi connectivity index (χ0v) is 11.0. The topological polar surface area (TPSA) is 34.9 Å². The molecule has 3 heteroatoms. The van der Waals surface area contributed by atoms with Crippen LogP contribution in [-0.2, 0) is 0 Å². The first-order valence-electron chi connectivity index (χ1n) is 6.97. The highest BCUT2D eigenvalue weighted by atomic mass is 16.1. The standard InChI is InChI=1S/C16H18N2O/c19-16(12-13-6-4-5-7-13)15-10-11-18(17-15)14-8-2-1-3-9-14/h1-3,8-11,13H,4-7,12H2. The summed E-state index contributed by atoms with van der Waals surface area (Å²) in [7, 11) is 0. The van der Waals surface area contributed by atoms with Gasteiger partial charge in [0.15, 0.2) is 5.78 Å². The third-order valence-electron chi connectivity index (χ3n) is 3.84. The van der Waals surface area contributed by atoms with Gasteiger partial charge in [0.05, 0.1) is 5.69 Å². The molecule has 1 saturated carbocycles. The van der Waals surface area contributed by atoms with E-state index in [1.54, 1.807) is 4.68 Å². The molecule has 2 aromatic rings. The van der Waals surface area contributed by atoms with Crippen LogP contribution in [0.4, 0.5) is 0 Å². The number of carbonyl (C=O) groups is 1. The van der Waals surface area contributed by atoms with Gasteiger partial charge in [-0.1, -0.05) is 43.9 Å². The average molecular weight is 254 g/mol. The van der Waals surface area contributed by atoms with E-state index in [1.807, 2.05) is 42.6 Å². The zero-order chi connectivity index (χ0) is 13.1. The lowest BCUT2D eigenvalue weighted by atomic mass is 10.00. The van der Waals surface area contributed by atoms with E-state index in [0.29, 0.717) is 18.0 Å². The Morgan fingerprint density at radius 2 is 1.89 bits per heavy atom. The minimum Gasteiger partial charge on any atom is -0.292 e. The Bertz CT molecular complexity index is 553. The van der Waals surface area contributed by atoms with Crippen molar-refractivity contribution in [2.45, 2.75) is 32.1 Å². The highest BCUT2D eigenvalue weighted by Gasteiger charge is 2.20. The van der Waals surface area contributed by atoms with Gasteiger partial charge in [-0.15, -0.1) is 0 Å². The molecule has 3 nitrogen and oxygen atoms in total. The predicted molar refractivity (Wildman–Crippen MR) is 74.5 cm³/mol. The normalized spacial score (nSPS) is 15.8. The van der Waals surface area contributed by atoms with Crippen LogP contribution in [-0.4, -0.2) is 15.6 Å². The van der Waals surface area contributed by atoms with Crippen molar-refractivity contribution in [1.82, 2.24) is 9.78 Å². The number of nitrogens with zero attached hydrogens (tertiary/aromatic N) is 2. The van der Waals surface area contributed by atoms with Crippen molar-refractivity contribution >= 4 is 5.78 Å². The van der Waals surface area contributed by atoms with Crippen LogP contribution in [0.5, 0.6) is 0 Å². The summed E-state index contributed by atoms with van der Waals surface area (Å²) < 4.78 is 1.77. The van der Waals surface area contributed by atoms with Crippen LogP contribution in [0.3, 0.4) is 0 Å². The summed E-state index contributed by atoms with van der Waals surface area (Å²) in [6, 6.07) is 11.7. The average Bonchev–Trinajstić information content (AvgIpc) is 3.10. The van der Waals surface area contributed by atoms with Crippen LogP contribution in [0.2, 0.25) is 0 Å². The quantitative estimate of drug-likeness (QED) is 0.781. The number of hydrogen-bond acceptors (Lipinski definition) is 2. The fraction of sp³-hybridized carbons (Fsp3) is 0.375. The molecule has 1 aliphatic rings. The van der Waals surface area contributed by atoms with Gasteiger partial charge in [0, 0.05) is 12.6 Å². The largest absolute Gasteiger partial charge is 0.292 e. The van der Waals surface area contributed by atoms with E-state index in [0.717, 1.165) is 5.69 Å². The number of aromatic nitrogens is 2. The molecule has 0 aliphatic heterocycles. The molecule has 1 heterocycles. The van der Waals surface area contributed by atoms with Crippen LogP contribution in [0.25, 0.3) is 5.69 Å². The maximum absolute atomic E-state index is 12.2. The number of rotatable bonds is 4. The molecule has 19 heavy (non-hydrogen) atoms. The van der Waals surface area contributed by atoms with E-state index in [4.69, 9.17) is 0 Å². The first-order chi connectivity index (χ1) is 9.33. The Balaban J connectivity index is 1.72. The molecule has 98 valence electrons. The van der Waals surface area contributed by atoms with E-state index in [-0.39, 0.29) is 5.78 Å². The highest BCUT2D eigenvalue weighted by Crippen LogP contribution is 2.28. The van der Waals surface area contributed by atoms with Crippen LogP contribution in [0.1, 0.15) is 42.6 Å². The summed E-state index contributed by atoms with van der Waals surface area (Å²) in [6.07, 6.45) is 7.46. The number of hydrogen-bond donors (Lipinski definition) is 0. The molecular formula is C16H18N2O. The van der Waals surface area contributed by atoms with Crippen molar-refractivity contribution in [3.8, 4) is 5.69 Å². The lowest BCUT2D eigenvalue weighted by Gasteiger charge is -2.05. The summed E-state index contributed by atoms with van der Waals surface area (Å²) in [4.78, 5) is 12.2. The molecule has 0 bridgehead atoms. The monoisotopic (exact) mass is 254 g/mol. The van der Waals surface area contributed by atoms with Gasteiger partial charge in [-0.25, -0.2) is 4.68 Å². The number of para-hydroxylation sites is 1. The molecule has 1 aromatic heterocycles. The molecule has 0 N–H and O–H groups in total. The molecule has 1 aliphatic carbocycles. The van der Waals surface area contributed by atoms with Crippen LogP contribution < -0.4 is 0 Å². The molecular weight excluding hydrogens is 236 g/mol. The smallest absolute Gasteiger partial charge is 0.183 e. The molecule has 0 unspecified atom stereocenters. The SMILES string of the molecule is O=C(CC1CCCC1)c1ccn(-c2ccccc2)n1. The van der Waals surface area contributed by atoms with Crippen molar-refractivity contribution in [2.24, 2.45) is 5.92 Å². The van der Waals surface area contributed by atoms with Gasteiger partial charge in [0.25, 0.3) is 0 Å². The summed E-state index contributed by atoms with van der Waals surface area (Å²) in [5.41, 5.74) is 1.58. The van der Waals surface area contributed by atoms with Crippen molar-refractivity contribution in [3.63, 3.8) is 0 Å². The van der Waals surface area contributed by atoms with Crippen molar-refractivity contribution in [1.29, 1.82) is 0 Å². The highest BCUT2D eigenvalue weighted by molar-refractivity contribution is 5.94. The Kier molecular flexibility index (Phi) is 3.45. The molecule has 0 spiro atoms. The minimum absolute atomic E-state index is 0.182. The van der Waals surface area contributed by atoms with Gasteiger partial charge in [0.2, 0.25) is 0 Å². The molecule has 0 amide bonds. The first kappa shape index (κ1) is 12.2. The third-order valence-corrected chi connectivity index (χ3v) is 3.84. The maximum Gasteiger partial charge on any atom is 0.183 e. The van der Waals surface area contributed by atoms with Gasteiger partial charge in [-0.05, 0) is 24.1 Å². The summed E-state index contributed by atoms with van der Waals surface area (Å²) in [5, 5.41) is 4.39. The molecule has 1 aromatic carbocycles. The number of carbonyl (C=O) groups excluding carboxylic acids is 1. The van der Waals surface area contributed by atoms with Crippen LogP contribution in [0.15, 0.2) is 42.6 Å². The molecule has 1 fully saturated rings. The summed E-state index contributed by atoms with van der Waals surface area (Å²) in [6.45, 7) is 0. The van der Waals surface area contributed by atoms with Crippen molar-refractivity contribution in [2.75, 3.05) is 0 Å². The van der Waals surface area contributed by atoms with Crippen molar-refractivity contribution < 1.29 is 4.79 Å². The van der Waals surface area contributed by atoms with Crippen molar-refractivity contribution in [3.05, 3.63) is 48.3 Å². The maximum atomic E-state index is 12.2. The Morgan fingerprint density at radius 1 is 1.16 bits per heavy atom. The second-order valence-electron chi connectivity index (χ2n) is 5.26. The van der Waals surface area contributed by atoms with E-state index in [9.17, 15) is 4.79 Å². The fourth-order valence-corrected chi connectivity index (χ4v) is 2.78.